The molecule has 2 aromatic carbocycles. The van der Waals surface area contributed by atoms with Crippen LogP contribution in [0.25, 0.3) is 22.2 Å². The second-order valence-electron chi connectivity index (χ2n) is 4.70. The topological polar surface area (TPSA) is 70.4 Å². The Kier molecular flexibility index (Phi) is 3.42. The molecule has 1 aromatic heterocycles. The monoisotopic (exact) mass is 317 g/mol. The maximum atomic E-state index is 14.1. The Hall–Kier alpha value is -2.66. The highest BCUT2D eigenvalue weighted by atomic mass is 35.5. The number of aromatic hydroxyl groups is 1. The number of rotatable bonds is 2. The van der Waals surface area contributed by atoms with Crippen molar-refractivity contribution in [1.82, 2.24) is 4.98 Å². The first-order valence-corrected chi connectivity index (χ1v) is 6.66. The number of benzene rings is 2. The van der Waals surface area contributed by atoms with Gasteiger partial charge < -0.3 is 10.2 Å². The molecule has 1 heterocycles. The standard InChI is InChI=1S/C16H9ClFNO3/c17-12-6-9-5-10(20)2-4-14(9)19-15(12)11-3-1-8(16(21)22)7-13(11)18/h1-7,20H,(H,21,22). The Morgan fingerprint density at radius 1 is 1.14 bits per heavy atom. The minimum absolute atomic E-state index is 0.0788. The zero-order valence-corrected chi connectivity index (χ0v) is 11.8. The zero-order chi connectivity index (χ0) is 15.9. The normalized spacial score (nSPS) is 10.8. The Morgan fingerprint density at radius 3 is 2.59 bits per heavy atom. The molecule has 4 nitrogen and oxygen atoms in total. The number of hydrogen-bond donors (Lipinski definition) is 2. The number of phenolic OH excluding ortho intramolecular Hbond substituents is 1. The lowest BCUT2D eigenvalue weighted by Crippen LogP contribution is -1.98. The third-order valence-electron chi connectivity index (χ3n) is 3.22. The van der Waals surface area contributed by atoms with Crippen molar-refractivity contribution in [1.29, 1.82) is 0 Å². The molecule has 0 aliphatic carbocycles. The van der Waals surface area contributed by atoms with Crippen LogP contribution in [0.15, 0.2) is 42.5 Å². The van der Waals surface area contributed by atoms with E-state index < -0.39 is 11.8 Å². The molecule has 0 saturated heterocycles. The number of carboxylic acid groups (broad SMARTS) is 1. The summed E-state index contributed by atoms with van der Waals surface area (Å²) in [5.41, 5.74) is 0.723. The van der Waals surface area contributed by atoms with Crippen molar-refractivity contribution in [3.05, 3.63) is 58.9 Å². The fourth-order valence-electron chi connectivity index (χ4n) is 2.17. The van der Waals surface area contributed by atoms with E-state index in [4.69, 9.17) is 16.7 Å². The highest BCUT2D eigenvalue weighted by Crippen LogP contribution is 2.32. The van der Waals surface area contributed by atoms with Gasteiger partial charge in [0.25, 0.3) is 0 Å². The summed E-state index contributed by atoms with van der Waals surface area (Å²) in [6.07, 6.45) is 0. The molecule has 110 valence electrons. The molecule has 6 heteroatoms. The molecular weight excluding hydrogens is 309 g/mol. The minimum Gasteiger partial charge on any atom is -0.508 e. The van der Waals surface area contributed by atoms with Gasteiger partial charge in [-0.1, -0.05) is 11.6 Å². The fraction of sp³-hybridized carbons (Fsp3) is 0. The van der Waals surface area contributed by atoms with Gasteiger partial charge in [-0.3, -0.25) is 0 Å². The molecule has 0 spiro atoms. The average Bonchev–Trinajstić information content (AvgIpc) is 2.46. The summed E-state index contributed by atoms with van der Waals surface area (Å²) in [4.78, 5) is 15.1. The molecule has 0 bridgehead atoms. The van der Waals surface area contributed by atoms with Gasteiger partial charge in [0.15, 0.2) is 0 Å². The summed E-state index contributed by atoms with van der Waals surface area (Å²) in [5.74, 6) is -1.85. The van der Waals surface area contributed by atoms with E-state index in [2.05, 4.69) is 4.98 Å². The maximum absolute atomic E-state index is 14.1. The van der Waals surface area contributed by atoms with Gasteiger partial charge in [-0.15, -0.1) is 0 Å². The van der Waals surface area contributed by atoms with Crippen LogP contribution in [0, 0.1) is 5.82 Å². The third-order valence-corrected chi connectivity index (χ3v) is 3.51. The molecule has 3 aromatic rings. The molecule has 0 aliphatic heterocycles. The van der Waals surface area contributed by atoms with Gasteiger partial charge in [0.2, 0.25) is 0 Å². The lowest BCUT2D eigenvalue weighted by molar-refractivity contribution is 0.0696. The van der Waals surface area contributed by atoms with Crippen molar-refractivity contribution >= 4 is 28.5 Å². The Labute approximate surface area is 129 Å². The van der Waals surface area contributed by atoms with E-state index in [-0.39, 0.29) is 27.6 Å². The highest BCUT2D eigenvalue weighted by Gasteiger charge is 2.14. The quantitative estimate of drug-likeness (QED) is 0.746. The number of hydrogen-bond acceptors (Lipinski definition) is 3. The average molecular weight is 318 g/mol. The van der Waals surface area contributed by atoms with Crippen molar-refractivity contribution in [2.75, 3.05) is 0 Å². The highest BCUT2D eigenvalue weighted by molar-refractivity contribution is 6.33. The summed E-state index contributed by atoms with van der Waals surface area (Å²) in [7, 11) is 0. The second-order valence-corrected chi connectivity index (χ2v) is 5.10. The van der Waals surface area contributed by atoms with E-state index >= 15 is 0 Å². The maximum Gasteiger partial charge on any atom is 0.335 e. The van der Waals surface area contributed by atoms with E-state index in [1.807, 2.05) is 0 Å². The zero-order valence-electron chi connectivity index (χ0n) is 11.0. The van der Waals surface area contributed by atoms with Crippen LogP contribution in [-0.2, 0) is 0 Å². The van der Waals surface area contributed by atoms with Crippen molar-refractivity contribution in [3.63, 3.8) is 0 Å². The molecule has 22 heavy (non-hydrogen) atoms. The predicted octanol–water partition coefficient (Wildman–Crippen LogP) is 4.10. The molecule has 0 unspecified atom stereocenters. The number of halogens is 2. The van der Waals surface area contributed by atoms with Crippen LogP contribution >= 0.6 is 11.6 Å². The summed E-state index contributed by atoms with van der Waals surface area (Å²) in [5, 5.41) is 19.1. The van der Waals surface area contributed by atoms with E-state index in [9.17, 15) is 14.3 Å². The number of phenols is 1. The summed E-state index contributed by atoms with van der Waals surface area (Å²) >= 11 is 6.14. The number of carbonyl (C=O) groups is 1. The van der Waals surface area contributed by atoms with Gasteiger partial charge in [-0.25, -0.2) is 14.2 Å². The summed E-state index contributed by atoms with van der Waals surface area (Å²) in [6, 6.07) is 9.69. The third kappa shape index (κ3) is 2.46. The number of nitrogens with zero attached hydrogens (tertiary/aromatic N) is 1. The van der Waals surface area contributed by atoms with Crippen LogP contribution in [0.4, 0.5) is 4.39 Å². The first kappa shape index (κ1) is 14.3. The number of carboxylic acids is 1. The number of aromatic carboxylic acids is 1. The van der Waals surface area contributed by atoms with Crippen LogP contribution in [0.3, 0.4) is 0 Å². The van der Waals surface area contributed by atoms with E-state index in [1.165, 1.54) is 24.3 Å². The molecule has 0 fully saturated rings. The smallest absolute Gasteiger partial charge is 0.335 e. The van der Waals surface area contributed by atoms with Crippen molar-refractivity contribution in [3.8, 4) is 17.0 Å². The number of aromatic nitrogens is 1. The SMILES string of the molecule is O=C(O)c1ccc(-c2nc3ccc(O)cc3cc2Cl)c(F)c1. The Bertz CT molecular complexity index is 911. The lowest BCUT2D eigenvalue weighted by atomic mass is 10.1. The Morgan fingerprint density at radius 2 is 1.91 bits per heavy atom. The van der Waals surface area contributed by atoms with Gasteiger partial charge in [-0.05, 0) is 42.5 Å². The predicted molar refractivity (Wildman–Crippen MR) is 80.8 cm³/mol. The number of pyridine rings is 1. The first-order valence-electron chi connectivity index (χ1n) is 6.28. The second kappa shape index (κ2) is 5.27. The van der Waals surface area contributed by atoms with Crippen LogP contribution in [0.2, 0.25) is 5.02 Å². The van der Waals surface area contributed by atoms with Crippen LogP contribution in [0.5, 0.6) is 5.75 Å². The lowest BCUT2D eigenvalue weighted by Gasteiger charge is -2.08. The minimum atomic E-state index is -1.21. The van der Waals surface area contributed by atoms with Crippen LogP contribution in [-0.4, -0.2) is 21.2 Å². The largest absolute Gasteiger partial charge is 0.508 e. The van der Waals surface area contributed by atoms with Crippen LogP contribution in [0.1, 0.15) is 10.4 Å². The molecule has 0 aliphatic rings. The number of fused-ring (bicyclic) bond motifs is 1. The fourth-order valence-corrected chi connectivity index (χ4v) is 2.43. The van der Waals surface area contributed by atoms with Gasteiger partial charge in [0.1, 0.15) is 11.6 Å². The van der Waals surface area contributed by atoms with Crippen LogP contribution < -0.4 is 0 Å². The Balaban J connectivity index is 2.19. The first-order chi connectivity index (χ1) is 10.5. The summed E-state index contributed by atoms with van der Waals surface area (Å²) < 4.78 is 14.1. The molecule has 3 rings (SSSR count). The van der Waals surface area contributed by atoms with Gasteiger partial charge >= 0.3 is 5.97 Å². The van der Waals surface area contributed by atoms with Crippen molar-refractivity contribution < 1.29 is 19.4 Å². The van der Waals surface area contributed by atoms with E-state index in [1.54, 1.807) is 12.1 Å². The molecule has 0 radical (unpaired) electrons. The van der Waals surface area contributed by atoms with Crippen molar-refractivity contribution in [2.24, 2.45) is 0 Å². The molecule has 2 N–H and O–H groups in total. The summed E-state index contributed by atoms with van der Waals surface area (Å²) in [6.45, 7) is 0. The molecule has 0 atom stereocenters. The van der Waals surface area contributed by atoms with Gasteiger partial charge in [-0.2, -0.15) is 0 Å². The van der Waals surface area contributed by atoms with E-state index in [0.717, 1.165) is 6.07 Å². The molecule has 0 amide bonds. The molecule has 0 saturated carbocycles. The molecular formula is C16H9ClFNO3. The van der Waals surface area contributed by atoms with Crippen molar-refractivity contribution in [2.45, 2.75) is 0 Å². The van der Waals surface area contributed by atoms with E-state index in [0.29, 0.717) is 10.9 Å². The van der Waals surface area contributed by atoms with Gasteiger partial charge in [0.05, 0.1) is 21.8 Å². The van der Waals surface area contributed by atoms with Gasteiger partial charge in [0, 0.05) is 10.9 Å².